The summed E-state index contributed by atoms with van der Waals surface area (Å²) in [6, 6.07) is 11.6. The summed E-state index contributed by atoms with van der Waals surface area (Å²) in [6.45, 7) is 9.45. The van der Waals surface area contributed by atoms with Crippen LogP contribution >= 0.6 is 0 Å². The number of halogens is 3. The fourth-order valence-corrected chi connectivity index (χ4v) is 4.21. The lowest BCUT2D eigenvalue weighted by molar-refractivity contribution is -0.150. The van der Waals surface area contributed by atoms with E-state index >= 15 is 0 Å². The molecule has 0 radical (unpaired) electrons. The van der Waals surface area contributed by atoms with Gasteiger partial charge in [-0.3, -0.25) is 4.79 Å². The molecule has 10 heteroatoms. The van der Waals surface area contributed by atoms with E-state index in [1.54, 1.807) is 26.8 Å². The summed E-state index contributed by atoms with van der Waals surface area (Å²) in [7, 11) is 0. The lowest BCUT2D eigenvalue weighted by Crippen LogP contribution is -2.25. The largest absolute Gasteiger partial charge is 0.478 e. The van der Waals surface area contributed by atoms with Crippen LogP contribution in [-0.4, -0.2) is 38.9 Å². The molecule has 2 heterocycles. The second-order valence-electron chi connectivity index (χ2n) is 11.4. The number of nitrogens with one attached hydrogen (secondary N) is 1. The minimum Gasteiger partial charge on any atom is -0.478 e. The first kappa shape index (κ1) is 33.3. The Morgan fingerprint density at radius 2 is 1.77 bits per heavy atom. The van der Waals surface area contributed by atoms with Crippen molar-refractivity contribution >= 4 is 11.8 Å². The Morgan fingerprint density at radius 1 is 1.05 bits per heavy atom. The van der Waals surface area contributed by atoms with Crippen LogP contribution in [0.15, 0.2) is 78.3 Å². The van der Waals surface area contributed by atoms with Gasteiger partial charge in [0.05, 0.1) is 24.2 Å². The number of aromatic nitrogens is 3. The Labute approximate surface area is 250 Å². The van der Waals surface area contributed by atoms with Crippen molar-refractivity contribution in [2.45, 2.75) is 72.1 Å². The third kappa shape index (κ3) is 10.9. The average Bonchev–Trinajstić information content (AvgIpc) is 3.42. The Bertz CT molecular complexity index is 1420. The first-order valence-corrected chi connectivity index (χ1v) is 14.1. The Hall–Kier alpha value is -4.21. The number of imidazole rings is 1. The molecule has 1 aromatic carbocycles. The molecule has 3 aromatic rings. The van der Waals surface area contributed by atoms with Crippen LogP contribution in [0.3, 0.4) is 0 Å². The highest BCUT2D eigenvalue weighted by Crippen LogP contribution is 2.29. The number of rotatable bonds is 13. The zero-order chi connectivity index (χ0) is 31.6. The van der Waals surface area contributed by atoms with Crippen LogP contribution in [0.25, 0.3) is 11.3 Å². The molecular weight excluding hydrogens is 559 g/mol. The molecule has 2 aromatic heterocycles. The second-order valence-corrected chi connectivity index (χ2v) is 11.4. The fraction of sp³-hybridized carbons (Fsp3) is 0.394. The molecule has 0 saturated heterocycles. The number of esters is 1. The van der Waals surface area contributed by atoms with Gasteiger partial charge in [0.25, 0.3) is 0 Å². The zero-order valence-electron chi connectivity index (χ0n) is 25.1. The van der Waals surface area contributed by atoms with Gasteiger partial charge in [-0.1, -0.05) is 48.9 Å². The summed E-state index contributed by atoms with van der Waals surface area (Å²) < 4.78 is 49.4. The number of ether oxygens (including phenoxy) is 2. The molecule has 0 bridgehead atoms. The van der Waals surface area contributed by atoms with Crippen LogP contribution in [0.4, 0.5) is 13.2 Å². The maximum absolute atomic E-state index is 13.0. The molecule has 0 saturated carbocycles. The van der Waals surface area contributed by atoms with Crippen molar-refractivity contribution in [2.75, 3.05) is 6.61 Å². The van der Waals surface area contributed by atoms with Crippen LogP contribution in [0.2, 0.25) is 0 Å². The lowest BCUT2D eigenvalue weighted by atomic mass is 9.96. The van der Waals surface area contributed by atoms with Crippen molar-refractivity contribution in [2.24, 2.45) is 5.92 Å². The van der Waals surface area contributed by atoms with E-state index < -0.39 is 23.3 Å². The van der Waals surface area contributed by atoms with Gasteiger partial charge in [0.2, 0.25) is 11.7 Å². The summed E-state index contributed by atoms with van der Waals surface area (Å²) >= 11 is 0. The number of ketones is 1. The van der Waals surface area contributed by atoms with Crippen molar-refractivity contribution in [3.63, 3.8) is 0 Å². The standard InChI is InChI=1S/C33H38F3N3O4/c1-22(19-27(40)30-29(38-21-39-30)24-11-7-6-8-12-24)10-9-13-25(31(41)43-32(3,4)5)18-23(2)16-17-42-28-15-14-26(20-37-28)33(34,35)36/h6-8,11-15,19-21,23H,9-10,16-18H2,1-5H3,(H,38,39)/b22-19-,25-13-/t23-/m1/s1. The SMILES string of the molecule is C/C(=C/C(=O)c1[nH]cnc1-c1ccccc1)CC/C=C(/C[C@H](C)CCOc1ccc(C(F)(F)F)cn1)C(=O)OC(C)(C)C. The number of carbonyl (C=O) groups is 2. The number of H-pyrrole nitrogens is 1. The number of hydrogen-bond donors (Lipinski definition) is 1. The van der Waals surface area contributed by atoms with Gasteiger partial charge in [0, 0.05) is 23.4 Å². The monoisotopic (exact) mass is 597 g/mol. The zero-order valence-corrected chi connectivity index (χ0v) is 25.1. The van der Waals surface area contributed by atoms with E-state index in [1.165, 1.54) is 12.4 Å². The van der Waals surface area contributed by atoms with Crippen molar-refractivity contribution in [1.82, 2.24) is 15.0 Å². The molecule has 43 heavy (non-hydrogen) atoms. The average molecular weight is 598 g/mol. The van der Waals surface area contributed by atoms with E-state index in [-0.39, 0.29) is 24.2 Å². The van der Waals surface area contributed by atoms with Gasteiger partial charge < -0.3 is 14.5 Å². The Balaban J connectivity index is 1.60. The number of alkyl halides is 3. The molecule has 0 amide bonds. The van der Waals surface area contributed by atoms with Crippen LogP contribution < -0.4 is 4.74 Å². The summed E-state index contributed by atoms with van der Waals surface area (Å²) in [4.78, 5) is 36.9. The maximum atomic E-state index is 13.0. The first-order chi connectivity index (χ1) is 20.2. The Kier molecular flexibility index (Phi) is 11.5. The molecule has 1 N–H and O–H groups in total. The van der Waals surface area contributed by atoms with Gasteiger partial charge in [-0.05, 0) is 71.4 Å². The minimum absolute atomic E-state index is 0.0169. The molecule has 0 fully saturated rings. The number of pyridine rings is 1. The summed E-state index contributed by atoms with van der Waals surface area (Å²) in [6.07, 6.45) is 3.26. The number of nitrogens with zero attached hydrogens (tertiary/aromatic N) is 2. The molecule has 3 rings (SSSR count). The van der Waals surface area contributed by atoms with Crippen LogP contribution in [0, 0.1) is 5.92 Å². The topological polar surface area (TPSA) is 94.2 Å². The predicted octanol–water partition coefficient (Wildman–Crippen LogP) is 8.16. The number of allylic oxidation sites excluding steroid dienone is 3. The van der Waals surface area contributed by atoms with Gasteiger partial charge >= 0.3 is 12.1 Å². The predicted molar refractivity (Wildman–Crippen MR) is 158 cm³/mol. The van der Waals surface area contributed by atoms with Crippen LogP contribution in [-0.2, 0) is 15.7 Å². The van der Waals surface area contributed by atoms with E-state index in [2.05, 4.69) is 15.0 Å². The van der Waals surface area contributed by atoms with E-state index in [0.29, 0.717) is 42.6 Å². The van der Waals surface area contributed by atoms with E-state index in [0.717, 1.165) is 23.4 Å². The second kappa shape index (κ2) is 14.8. The maximum Gasteiger partial charge on any atom is 0.417 e. The smallest absolute Gasteiger partial charge is 0.417 e. The molecule has 0 aliphatic carbocycles. The van der Waals surface area contributed by atoms with Gasteiger partial charge in [0.1, 0.15) is 11.3 Å². The van der Waals surface area contributed by atoms with Crippen LogP contribution in [0.5, 0.6) is 5.88 Å². The summed E-state index contributed by atoms with van der Waals surface area (Å²) in [5.41, 5.74) is 1.72. The quantitative estimate of drug-likeness (QED) is 0.121. The van der Waals surface area contributed by atoms with E-state index in [9.17, 15) is 22.8 Å². The normalized spacial score (nSPS) is 13.5. The third-order valence-corrected chi connectivity index (χ3v) is 6.39. The van der Waals surface area contributed by atoms with E-state index in [1.807, 2.05) is 50.3 Å². The number of carbonyl (C=O) groups excluding carboxylic acids is 2. The molecule has 230 valence electrons. The van der Waals surface area contributed by atoms with Gasteiger partial charge in [0.15, 0.2) is 0 Å². The first-order valence-electron chi connectivity index (χ1n) is 14.1. The number of aromatic amines is 1. The highest BCUT2D eigenvalue weighted by molar-refractivity contribution is 6.07. The molecule has 0 aliphatic heterocycles. The van der Waals surface area contributed by atoms with Crippen molar-refractivity contribution in [1.29, 1.82) is 0 Å². The van der Waals surface area contributed by atoms with E-state index in [4.69, 9.17) is 9.47 Å². The van der Waals surface area contributed by atoms with Gasteiger partial charge in [-0.25, -0.2) is 14.8 Å². The highest BCUT2D eigenvalue weighted by atomic mass is 19.4. The third-order valence-electron chi connectivity index (χ3n) is 6.39. The van der Waals surface area contributed by atoms with Crippen LogP contribution in [0.1, 0.15) is 76.4 Å². The summed E-state index contributed by atoms with van der Waals surface area (Å²) in [5, 5.41) is 0. The minimum atomic E-state index is -4.46. The number of hydrogen-bond acceptors (Lipinski definition) is 6. The molecule has 1 atom stereocenters. The molecule has 0 spiro atoms. The molecule has 0 aliphatic rings. The fourth-order valence-electron chi connectivity index (χ4n) is 4.21. The Morgan fingerprint density at radius 3 is 2.40 bits per heavy atom. The molecule has 0 unspecified atom stereocenters. The van der Waals surface area contributed by atoms with Gasteiger partial charge in [-0.15, -0.1) is 0 Å². The van der Waals surface area contributed by atoms with Crippen molar-refractivity contribution < 1.29 is 32.2 Å². The number of benzene rings is 1. The molecular formula is C33H38F3N3O4. The highest BCUT2D eigenvalue weighted by Gasteiger charge is 2.30. The lowest BCUT2D eigenvalue weighted by Gasteiger charge is -2.22. The van der Waals surface area contributed by atoms with Crippen molar-refractivity contribution in [3.05, 3.63) is 89.5 Å². The van der Waals surface area contributed by atoms with Gasteiger partial charge in [-0.2, -0.15) is 13.2 Å². The van der Waals surface area contributed by atoms with Crippen molar-refractivity contribution in [3.8, 4) is 17.1 Å². The summed E-state index contributed by atoms with van der Waals surface area (Å²) in [5.74, 6) is -0.470. The molecule has 7 nitrogen and oxygen atoms in total.